The minimum Gasteiger partial charge on any atom is -0.328 e. The summed E-state index contributed by atoms with van der Waals surface area (Å²) in [4.78, 5) is 4.94. The molecule has 112 valence electrons. The molecule has 3 heterocycles. The van der Waals surface area contributed by atoms with Crippen LogP contribution in [0.25, 0.3) is 0 Å². The number of fused-ring (bicyclic) bond motifs is 1. The molecule has 0 atom stereocenters. The molecule has 20 heavy (non-hydrogen) atoms. The third-order valence-corrected chi connectivity index (χ3v) is 5.70. The number of imidazole rings is 1. The third-order valence-electron chi connectivity index (χ3n) is 4.32. The topological polar surface area (TPSA) is 46.9 Å². The summed E-state index contributed by atoms with van der Waals surface area (Å²) < 4.78 is 14.1. The van der Waals surface area contributed by atoms with Crippen LogP contribution >= 0.6 is 0 Å². The monoisotopic (exact) mass is 295 g/mol. The lowest BCUT2D eigenvalue weighted by atomic mass is 9.94. The molecule has 5 heteroatoms. The zero-order valence-corrected chi connectivity index (χ0v) is 13.6. The molecular weight excluding hydrogens is 270 g/mol. The van der Waals surface area contributed by atoms with Crippen molar-refractivity contribution in [1.82, 2.24) is 14.9 Å². The highest BCUT2D eigenvalue weighted by atomic mass is 32.2. The highest BCUT2D eigenvalue weighted by Gasteiger charge is 2.31. The molecular formula is C15H25N3OS. The lowest BCUT2D eigenvalue weighted by Crippen LogP contribution is -2.30. The minimum absolute atomic E-state index is 0.0634. The molecule has 2 aliphatic rings. The second-order valence-electron chi connectivity index (χ2n) is 6.95. The molecule has 0 amide bonds. The maximum Gasteiger partial charge on any atom is 0.114 e. The van der Waals surface area contributed by atoms with E-state index in [9.17, 15) is 4.21 Å². The molecule has 4 nitrogen and oxygen atoms in total. The minimum atomic E-state index is -0.598. The molecule has 0 unspecified atom stereocenters. The number of nitrogens with one attached hydrogen (secondary N) is 1. The van der Waals surface area contributed by atoms with Crippen LogP contribution in [0.3, 0.4) is 0 Å². The fourth-order valence-electron chi connectivity index (χ4n) is 3.29. The summed E-state index contributed by atoms with van der Waals surface area (Å²) in [5.41, 5.74) is 2.72. The van der Waals surface area contributed by atoms with Crippen LogP contribution in [0.4, 0.5) is 0 Å². The largest absolute Gasteiger partial charge is 0.328 e. The predicted molar refractivity (Wildman–Crippen MR) is 82.5 cm³/mol. The number of hydrogen-bond acceptors (Lipinski definition) is 3. The highest BCUT2D eigenvalue weighted by Crippen LogP contribution is 2.33. The van der Waals surface area contributed by atoms with E-state index in [-0.39, 0.29) is 5.41 Å². The molecule has 0 saturated carbocycles. The molecule has 1 N–H and O–H groups in total. The van der Waals surface area contributed by atoms with Gasteiger partial charge in [-0.3, -0.25) is 4.21 Å². The maximum absolute atomic E-state index is 11.6. The second-order valence-corrected chi connectivity index (χ2v) is 8.65. The number of aromatic nitrogens is 2. The Bertz CT molecular complexity index is 520. The van der Waals surface area contributed by atoms with Gasteiger partial charge >= 0.3 is 0 Å². The molecule has 1 aromatic heterocycles. The van der Waals surface area contributed by atoms with Crippen molar-refractivity contribution in [3.05, 3.63) is 17.2 Å². The number of rotatable bonds is 1. The Kier molecular flexibility index (Phi) is 3.75. The molecule has 3 rings (SSSR count). The van der Waals surface area contributed by atoms with Gasteiger partial charge in [0.25, 0.3) is 0 Å². The van der Waals surface area contributed by atoms with Crippen molar-refractivity contribution in [3.8, 4) is 0 Å². The Balaban J connectivity index is 2.02. The normalized spacial score (nSPS) is 27.4. The quantitative estimate of drug-likeness (QED) is 0.861. The van der Waals surface area contributed by atoms with E-state index in [0.29, 0.717) is 6.04 Å². The highest BCUT2D eigenvalue weighted by molar-refractivity contribution is 7.85. The van der Waals surface area contributed by atoms with Crippen molar-refractivity contribution < 1.29 is 4.21 Å². The standard InChI is InChI=1S/C15H25N3OS/c1-15(2,3)14-17-12-10-16-7-4-13(12)18(14)11-5-8-20(19)9-6-11/h11,16H,4-10H2,1-3H3. The van der Waals surface area contributed by atoms with E-state index < -0.39 is 10.8 Å². The van der Waals surface area contributed by atoms with Crippen molar-refractivity contribution in [1.29, 1.82) is 0 Å². The van der Waals surface area contributed by atoms with Crippen LogP contribution in [-0.4, -0.2) is 31.8 Å². The Morgan fingerprint density at radius 3 is 2.65 bits per heavy atom. The summed E-state index contributed by atoms with van der Waals surface area (Å²) in [7, 11) is -0.598. The average molecular weight is 295 g/mol. The fourth-order valence-corrected chi connectivity index (χ4v) is 4.57. The fraction of sp³-hybridized carbons (Fsp3) is 0.800. The molecule has 0 aliphatic carbocycles. The Labute approximate surface area is 123 Å². The van der Waals surface area contributed by atoms with E-state index in [1.807, 2.05) is 0 Å². The van der Waals surface area contributed by atoms with Crippen molar-refractivity contribution in [2.45, 2.75) is 58.0 Å². The third kappa shape index (κ3) is 2.58. The first-order chi connectivity index (χ1) is 9.47. The van der Waals surface area contributed by atoms with Crippen LogP contribution in [0.1, 0.15) is 56.9 Å². The second kappa shape index (κ2) is 5.26. The van der Waals surface area contributed by atoms with Crippen LogP contribution in [0.2, 0.25) is 0 Å². The zero-order chi connectivity index (χ0) is 14.3. The lowest BCUT2D eigenvalue weighted by molar-refractivity contribution is 0.396. The maximum atomic E-state index is 11.6. The first-order valence-electron chi connectivity index (χ1n) is 7.63. The van der Waals surface area contributed by atoms with Crippen LogP contribution in [0.15, 0.2) is 0 Å². The zero-order valence-electron chi connectivity index (χ0n) is 12.7. The first kappa shape index (κ1) is 14.3. The van der Waals surface area contributed by atoms with Gasteiger partial charge in [0.1, 0.15) is 5.82 Å². The van der Waals surface area contributed by atoms with Gasteiger partial charge < -0.3 is 9.88 Å². The van der Waals surface area contributed by atoms with Gasteiger partial charge in [-0.25, -0.2) is 4.98 Å². The summed E-state index contributed by atoms with van der Waals surface area (Å²) in [5.74, 6) is 2.91. The number of hydrogen-bond donors (Lipinski definition) is 1. The van der Waals surface area contributed by atoms with Gasteiger partial charge in [0.05, 0.1) is 5.69 Å². The Morgan fingerprint density at radius 2 is 2.00 bits per heavy atom. The molecule has 1 fully saturated rings. The van der Waals surface area contributed by atoms with Crippen LogP contribution in [-0.2, 0) is 29.2 Å². The van der Waals surface area contributed by atoms with Crippen molar-refractivity contribution in [3.63, 3.8) is 0 Å². The van der Waals surface area contributed by atoms with Gasteiger partial charge in [-0.15, -0.1) is 0 Å². The number of nitrogens with zero attached hydrogens (tertiary/aromatic N) is 2. The van der Waals surface area contributed by atoms with E-state index in [1.54, 1.807) is 0 Å². The van der Waals surface area contributed by atoms with Crippen LogP contribution in [0, 0.1) is 0 Å². The van der Waals surface area contributed by atoms with Gasteiger partial charge in [0.15, 0.2) is 0 Å². The van der Waals surface area contributed by atoms with E-state index >= 15 is 0 Å². The molecule has 1 aromatic rings. The van der Waals surface area contributed by atoms with E-state index in [2.05, 4.69) is 30.7 Å². The lowest BCUT2D eigenvalue weighted by Gasteiger charge is -2.30. The van der Waals surface area contributed by atoms with Gasteiger partial charge in [0, 0.05) is 59.0 Å². The van der Waals surface area contributed by atoms with Crippen LogP contribution < -0.4 is 5.32 Å². The molecule has 0 spiro atoms. The molecule has 0 radical (unpaired) electrons. The van der Waals surface area contributed by atoms with Crippen LogP contribution in [0.5, 0.6) is 0 Å². The summed E-state index contributed by atoms with van der Waals surface area (Å²) >= 11 is 0. The van der Waals surface area contributed by atoms with Gasteiger partial charge in [0.2, 0.25) is 0 Å². The van der Waals surface area contributed by atoms with Gasteiger partial charge in [-0.05, 0) is 12.8 Å². The Morgan fingerprint density at radius 1 is 1.30 bits per heavy atom. The summed E-state index contributed by atoms with van der Waals surface area (Å²) in [5, 5.41) is 3.42. The van der Waals surface area contributed by atoms with Gasteiger partial charge in [-0.1, -0.05) is 20.8 Å². The summed E-state index contributed by atoms with van der Waals surface area (Å²) in [6, 6.07) is 0.497. The van der Waals surface area contributed by atoms with Crippen molar-refractivity contribution in [2.75, 3.05) is 18.1 Å². The summed E-state index contributed by atoms with van der Waals surface area (Å²) in [6.45, 7) is 8.66. The summed E-state index contributed by atoms with van der Waals surface area (Å²) in [6.07, 6.45) is 3.13. The van der Waals surface area contributed by atoms with Crippen molar-refractivity contribution >= 4 is 10.8 Å². The van der Waals surface area contributed by atoms with E-state index in [1.165, 1.54) is 17.2 Å². The SMILES string of the molecule is CC(C)(C)c1nc2c(n1C1CCS(=O)CC1)CCNC2. The average Bonchev–Trinajstić information content (AvgIpc) is 2.79. The van der Waals surface area contributed by atoms with E-state index in [4.69, 9.17) is 4.98 Å². The molecule has 2 aliphatic heterocycles. The molecule has 1 saturated heterocycles. The first-order valence-corrected chi connectivity index (χ1v) is 9.12. The molecule has 0 bridgehead atoms. The van der Waals surface area contributed by atoms with Gasteiger partial charge in [-0.2, -0.15) is 0 Å². The van der Waals surface area contributed by atoms with Crippen molar-refractivity contribution in [2.24, 2.45) is 0 Å². The predicted octanol–water partition coefficient (Wildman–Crippen LogP) is 1.91. The smallest absolute Gasteiger partial charge is 0.114 e. The van der Waals surface area contributed by atoms with E-state index in [0.717, 1.165) is 43.9 Å². The molecule has 0 aromatic carbocycles. The Hall–Kier alpha value is -0.680.